The summed E-state index contributed by atoms with van der Waals surface area (Å²) in [6, 6.07) is 0. The van der Waals surface area contributed by atoms with Gasteiger partial charge in [-0.05, 0) is 12.8 Å². The van der Waals surface area contributed by atoms with E-state index in [0.29, 0.717) is 24.7 Å². The van der Waals surface area contributed by atoms with Gasteiger partial charge in [0.25, 0.3) is 0 Å². The quantitative estimate of drug-likeness (QED) is 0.873. The van der Waals surface area contributed by atoms with Crippen LogP contribution in [0, 0.1) is 0 Å². The van der Waals surface area contributed by atoms with Gasteiger partial charge in [-0.15, -0.1) is 0 Å². The van der Waals surface area contributed by atoms with Crippen molar-refractivity contribution < 1.29 is 13.2 Å². The maximum absolute atomic E-state index is 12.7. The normalized spacial score (nSPS) is 19.1. The molecule has 124 valence electrons. The van der Waals surface area contributed by atoms with Crippen LogP contribution >= 0.6 is 11.6 Å². The van der Waals surface area contributed by atoms with Crippen molar-refractivity contribution in [3.8, 4) is 0 Å². The molecule has 1 aliphatic heterocycles. The smallest absolute Gasteiger partial charge is 0.382 e. The summed E-state index contributed by atoms with van der Waals surface area (Å²) in [6.45, 7) is 1.15. The highest BCUT2D eigenvalue weighted by Crippen LogP contribution is 2.34. The third-order valence-electron chi connectivity index (χ3n) is 3.81. The zero-order valence-electron chi connectivity index (χ0n) is 11.9. The predicted molar refractivity (Wildman–Crippen MR) is 79.2 cm³/mol. The molecule has 3 heterocycles. The van der Waals surface area contributed by atoms with Gasteiger partial charge in [-0.3, -0.25) is 0 Å². The van der Waals surface area contributed by atoms with Crippen molar-refractivity contribution in [1.29, 1.82) is 0 Å². The van der Waals surface area contributed by atoms with Crippen LogP contribution in [-0.2, 0) is 6.18 Å². The average Bonchev–Trinajstić information content (AvgIpc) is 3.00. The number of anilines is 2. The zero-order chi connectivity index (χ0) is 16.6. The number of imidazole rings is 1. The number of nitrogen functional groups attached to an aromatic ring is 1. The van der Waals surface area contributed by atoms with Gasteiger partial charge in [0.1, 0.15) is 28.7 Å². The number of nitrogens with one attached hydrogen (secondary N) is 1. The van der Waals surface area contributed by atoms with E-state index in [2.05, 4.69) is 19.9 Å². The van der Waals surface area contributed by atoms with Gasteiger partial charge in [-0.2, -0.15) is 13.2 Å². The van der Waals surface area contributed by atoms with Crippen molar-refractivity contribution in [2.45, 2.75) is 24.9 Å². The highest BCUT2D eigenvalue weighted by Gasteiger charge is 2.34. The summed E-state index contributed by atoms with van der Waals surface area (Å²) in [5.41, 5.74) is 4.83. The molecule has 3 N–H and O–H groups in total. The third kappa shape index (κ3) is 3.19. The van der Waals surface area contributed by atoms with Gasteiger partial charge >= 0.3 is 6.18 Å². The average molecular weight is 347 g/mol. The van der Waals surface area contributed by atoms with Gasteiger partial charge < -0.3 is 15.6 Å². The van der Waals surface area contributed by atoms with E-state index in [9.17, 15) is 13.2 Å². The lowest BCUT2D eigenvalue weighted by Gasteiger charge is -2.33. The topological polar surface area (TPSA) is 83.7 Å². The van der Waals surface area contributed by atoms with Crippen LogP contribution in [0.15, 0.2) is 12.5 Å². The molecule has 0 bridgehead atoms. The van der Waals surface area contributed by atoms with Crippen molar-refractivity contribution in [1.82, 2.24) is 19.9 Å². The Hall–Kier alpha value is -2.03. The summed E-state index contributed by atoms with van der Waals surface area (Å²) in [5.74, 6) is 0.829. The van der Waals surface area contributed by atoms with Gasteiger partial charge in [0, 0.05) is 19.0 Å². The van der Waals surface area contributed by atoms with Crippen LogP contribution < -0.4 is 10.6 Å². The summed E-state index contributed by atoms with van der Waals surface area (Å²) in [7, 11) is 0. The van der Waals surface area contributed by atoms with E-state index in [1.54, 1.807) is 0 Å². The lowest BCUT2D eigenvalue weighted by Crippen LogP contribution is -2.35. The first kappa shape index (κ1) is 15.9. The van der Waals surface area contributed by atoms with E-state index in [1.165, 1.54) is 6.33 Å². The first-order chi connectivity index (χ1) is 10.9. The number of aromatic amines is 1. The molecule has 2 aromatic heterocycles. The molecule has 1 fully saturated rings. The Labute approximate surface area is 134 Å². The number of H-pyrrole nitrogens is 1. The number of alkyl halides is 3. The molecule has 0 aromatic carbocycles. The lowest BCUT2D eigenvalue weighted by molar-refractivity contribution is -0.141. The fourth-order valence-corrected chi connectivity index (χ4v) is 2.89. The van der Waals surface area contributed by atoms with Crippen LogP contribution in [0.1, 0.15) is 30.3 Å². The molecule has 0 aliphatic carbocycles. The second-order valence-electron chi connectivity index (χ2n) is 5.36. The van der Waals surface area contributed by atoms with Crippen LogP contribution in [0.25, 0.3) is 0 Å². The Morgan fingerprint density at radius 1 is 1.30 bits per heavy atom. The van der Waals surface area contributed by atoms with Crippen molar-refractivity contribution >= 4 is 23.2 Å². The number of hydrogen-bond donors (Lipinski definition) is 2. The van der Waals surface area contributed by atoms with Gasteiger partial charge in [0.2, 0.25) is 0 Å². The summed E-state index contributed by atoms with van der Waals surface area (Å²) in [5, 5.41) is 0.253. The van der Waals surface area contributed by atoms with Gasteiger partial charge in [0.15, 0.2) is 5.82 Å². The van der Waals surface area contributed by atoms with Crippen molar-refractivity contribution in [2.24, 2.45) is 0 Å². The van der Waals surface area contributed by atoms with E-state index in [4.69, 9.17) is 17.3 Å². The molecule has 10 heteroatoms. The fraction of sp³-hybridized carbons (Fsp3) is 0.462. The Balaban J connectivity index is 1.81. The standard InChI is InChI=1S/C13H14ClF3N6/c14-9-10(18)20-6-21-12(9)23-3-1-2-7(5-23)11-19-4-8(22-11)13(15,16)17/h4,6-7H,1-3,5H2,(H,19,22)(H2,18,20,21)/t7-/m1/s1. The van der Waals surface area contributed by atoms with Crippen LogP contribution in [0.4, 0.5) is 24.8 Å². The summed E-state index contributed by atoms with van der Waals surface area (Å²) in [6.07, 6.45) is -0.769. The van der Waals surface area contributed by atoms with Crippen LogP contribution in [-0.4, -0.2) is 33.0 Å². The molecule has 0 radical (unpaired) electrons. The summed E-state index contributed by atoms with van der Waals surface area (Å²) >= 11 is 6.12. The third-order valence-corrected chi connectivity index (χ3v) is 4.17. The van der Waals surface area contributed by atoms with E-state index in [0.717, 1.165) is 19.0 Å². The molecule has 1 atom stereocenters. The molecule has 0 amide bonds. The molecular formula is C13H14ClF3N6. The Morgan fingerprint density at radius 3 is 2.78 bits per heavy atom. The number of rotatable bonds is 2. The van der Waals surface area contributed by atoms with Crippen LogP contribution in [0.2, 0.25) is 5.02 Å². The fourth-order valence-electron chi connectivity index (χ4n) is 2.67. The van der Waals surface area contributed by atoms with Gasteiger partial charge in [-0.25, -0.2) is 15.0 Å². The zero-order valence-corrected chi connectivity index (χ0v) is 12.7. The number of halogens is 4. The highest BCUT2D eigenvalue weighted by molar-refractivity contribution is 6.35. The predicted octanol–water partition coefficient (Wildman–Crippen LogP) is 2.84. The van der Waals surface area contributed by atoms with E-state index in [1.807, 2.05) is 4.90 Å². The van der Waals surface area contributed by atoms with E-state index in [-0.39, 0.29) is 16.8 Å². The Bertz CT molecular complexity index is 701. The maximum Gasteiger partial charge on any atom is 0.432 e. The minimum absolute atomic E-state index is 0.160. The number of nitrogens with two attached hydrogens (primary N) is 1. The van der Waals surface area contributed by atoms with Crippen molar-refractivity contribution in [3.05, 3.63) is 29.1 Å². The summed E-state index contributed by atoms with van der Waals surface area (Å²) in [4.78, 5) is 16.1. The van der Waals surface area contributed by atoms with Crippen LogP contribution in [0.3, 0.4) is 0 Å². The van der Waals surface area contributed by atoms with Crippen molar-refractivity contribution in [3.63, 3.8) is 0 Å². The number of hydrogen-bond acceptors (Lipinski definition) is 5. The van der Waals surface area contributed by atoms with Gasteiger partial charge in [-0.1, -0.05) is 11.6 Å². The number of aromatic nitrogens is 4. The molecule has 23 heavy (non-hydrogen) atoms. The molecule has 1 aliphatic rings. The maximum atomic E-state index is 12.7. The Kier molecular flexibility index (Phi) is 4.05. The van der Waals surface area contributed by atoms with Crippen LogP contribution in [0.5, 0.6) is 0 Å². The first-order valence-electron chi connectivity index (χ1n) is 6.99. The molecule has 0 saturated carbocycles. The minimum atomic E-state index is -4.43. The molecule has 3 rings (SSSR count). The molecule has 1 saturated heterocycles. The van der Waals surface area contributed by atoms with Gasteiger partial charge in [0.05, 0.1) is 6.20 Å². The molecule has 6 nitrogen and oxygen atoms in total. The Morgan fingerprint density at radius 2 is 2.09 bits per heavy atom. The first-order valence-corrected chi connectivity index (χ1v) is 7.37. The number of piperidine rings is 1. The molecule has 0 unspecified atom stereocenters. The number of nitrogens with zero attached hydrogens (tertiary/aromatic N) is 4. The highest BCUT2D eigenvalue weighted by atomic mass is 35.5. The monoisotopic (exact) mass is 346 g/mol. The van der Waals surface area contributed by atoms with E-state index < -0.39 is 11.9 Å². The molecular weight excluding hydrogens is 333 g/mol. The van der Waals surface area contributed by atoms with E-state index >= 15 is 0 Å². The second kappa shape index (κ2) is 5.88. The SMILES string of the molecule is Nc1ncnc(N2CCC[C@@H](c3ncc(C(F)(F)F)[nH]3)C2)c1Cl. The molecule has 0 spiro atoms. The largest absolute Gasteiger partial charge is 0.432 e. The minimum Gasteiger partial charge on any atom is -0.382 e. The summed E-state index contributed by atoms with van der Waals surface area (Å²) < 4.78 is 38.0. The molecule has 2 aromatic rings. The second-order valence-corrected chi connectivity index (χ2v) is 5.74. The lowest BCUT2D eigenvalue weighted by atomic mass is 9.97. The van der Waals surface area contributed by atoms with Crippen molar-refractivity contribution in [2.75, 3.05) is 23.7 Å².